The van der Waals surface area contributed by atoms with E-state index < -0.39 is 5.41 Å². The minimum atomic E-state index is -0.404. The van der Waals surface area contributed by atoms with Crippen molar-refractivity contribution in [3.05, 3.63) is 36.0 Å². The van der Waals surface area contributed by atoms with Crippen LogP contribution >= 0.6 is 0 Å². The molecule has 0 saturated carbocycles. The summed E-state index contributed by atoms with van der Waals surface area (Å²) in [5, 5.41) is 3.96. The van der Waals surface area contributed by atoms with Crippen molar-refractivity contribution in [3.63, 3.8) is 0 Å². The minimum absolute atomic E-state index is 0.0123. The van der Waals surface area contributed by atoms with Crippen LogP contribution in [0.1, 0.15) is 26.5 Å². The molecule has 18 heavy (non-hydrogen) atoms. The number of aromatic nitrogens is 1. The predicted octanol–water partition coefficient (Wildman–Crippen LogP) is 3.53. The summed E-state index contributed by atoms with van der Waals surface area (Å²) < 4.78 is 0. The van der Waals surface area contributed by atoms with Gasteiger partial charge in [-0.25, -0.2) is 0 Å². The van der Waals surface area contributed by atoms with E-state index >= 15 is 0 Å². The first-order chi connectivity index (χ1) is 8.38. The minimum Gasteiger partial charge on any atom is -0.325 e. The average molecular weight is 242 g/mol. The summed E-state index contributed by atoms with van der Waals surface area (Å²) in [6.07, 6.45) is 0. The lowest BCUT2D eigenvalue weighted by Crippen LogP contribution is -2.27. The first-order valence-electron chi connectivity index (χ1n) is 6.06. The summed E-state index contributed by atoms with van der Waals surface area (Å²) in [4.78, 5) is 16.5. The van der Waals surface area contributed by atoms with Crippen molar-refractivity contribution in [3.8, 4) is 0 Å². The molecule has 0 aliphatic carbocycles. The molecule has 0 spiro atoms. The highest BCUT2D eigenvalue weighted by Crippen LogP contribution is 2.25. The molecule has 1 heterocycles. The fourth-order valence-corrected chi connectivity index (χ4v) is 1.72. The molecular formula is C15H18N2O. The number of rotatable bonds is 1. The van der Waals surface area contributed by atoms with Gasteiger partial charge in [0.2, 0.25) is 5.91 Å². The summed E-state index contributed by atoms with van der Waals surface area (Å²) in [7, 11) is 0. The second kappa shape index (κ2) is 4.41. The third-order valence-corrected chi connectivity index (χ3v) is 2.77. The van der Waals surface area contributed by atoms with Crippen LogP contribution in [0, 0.1) is 12.3 Å². The zero-order chi connectivity index (χ0) is 13.3. The van der Waals surface area contributed by atoms with Gasteiger partial charge in [0.05, 0.1) is 11.2 Å². The number of para-hydroxylation sites is 1. The fourth-order valence-electron chi connectivity index (χ4n) is 1.72. The predicted molar refractivity (Wildman–Crippen MR) is 74.6 cm³/mol. The van der Waals surface area contributed by atoms with E-state index in [-0.39, 0.29) is 5.91 Å². The Morgan fingerprint density at radius 1 is 1.22 bits per heavy atom. The molecule has 0 atom stereocenters. The largest absolute Gasteiger partial charge is 0.325 e. The normalized spacial score (nSPS) is 11.6. The first-order valence-corrected chi connectivity index (χ1v) is 6.06. The Morgan fingerprint density at radius 3 is 2.56 bits per heavy atom. The van der Waals surface area contributed by atoms with E-state index in [1.807, 2.05) is 58.0 Å². The van der Waals surface area contributed by atoms with Gasteiger partial charge in [-0.2, -0.15) is 0 Å². The van der Waals surface area contributed by atoms with Gasteiger partial charge < -0.3 is 5.32 Å². The summed E-state index contributed by atoms with van der Waals surface area (Å²) in [6.45, 7) is 7.63. The number of hydrogen-bond donors (Lipinski definition) is 1. The molecule has 1 aromatic carbocycles. The van der Waals surface area contributed by atoms with Crippen LogP contribution in [-0.4, -0.2) is 10.9 Å². The summed E-state index contributed by atoms with van der Waals surface area (Å²) >= 11 is 0. The summed E-state index contributed by atoms with van der Waals surface area (Å²) in [5.74, 6) is 0.0123. The van der Waals surface area contributed by atoms with Crippen LogP contribution in [0.5, 0.6) is 0 Å². The number of carbonyl (C=O) groups excluding carboxylic acids is 1. The Bertz CT molecular complexity index is 597. The molecule has 1 N–H and O–H groups in total. The number of carbonyl (C=O) groups is 1. The highest BCUT2D eigenvalue weighted by atomic mass is 16.2. The molecule has 0 aliphatic heterocycles. The molecule has 3 nitrogen and oxygen atoms in total. The van der Waals surface area contributed by atoms with E-state index in [4.69, 9.17) is 0 Å². The molecule has 3 heteroatoms. The van der Waals surface area contributed by atoms with Gasteiger partial charge in [0.25, 0.3) is 0 Å². The Balaban J connectivity index is 2.48. The van der Waals surface area contributed by atoms with E-state index in [1.54, 1.807) is 0 Å². The highest BCUT2D eigenvalue weighted by molar-refractivity contribution is 6.02. The van der Waals surface area contributed by atoms with Crippen molar-refractivity contribution in [1.29, 1.82) is 0 Å². The lowest BCUT2D eigenvalue weighted by atomic mass is 9.95. The van der Waals surface area contributed by atoms with Crippen molar-refractivity contribution in [2.75, 3.05) is 5.32 Å². The van der Waals surface area contributed by atoms with Crippen molar-refractivity contribution in [2.45, 2.75) is 27.7 Å². The molecule has 94 valence electrons. The van der Waals surface area contributed by atoms with E-state index in [1.165, 1.54) is 0 Å². The molecule has 0 saturated heterocycles. The van der Waals surface area contributed by atoms with E-state index in [9.17, 15) is 4.79 Å². The topological polar surface area (TPSA) is 42.0 Å². The van der Waals surface area contributed by atoms with Crippen LogP contribution in [0.2, 0.25) is 0 Å². The van der Waals surface area contributed by atoms with Gasteiger partial charge in [0.1, 0.15) is 0 Å². The number of aryl methyl sites for hydroxylation is 1. The van der Waals surface area contributed by atoms with E-state index in [0.717, 1.165) is 22.3 Å². The SMILES string of the molecule is Cc1cc(NC(=O)C(C)(C)C)c2ccccc2n1. The van der Waals surface area contributed by atoms with Crippen molar-refractivity contribution in [1.82, 2.24) is 4.98 Å². The number of fused-ring (bicyclic) bond motifs is 1. The van der Waals surface area contributed by atoms with Crippen LogP contribution in [0.4, 0.5) is 5.69 Å². The smallest absolute Gasteiger partial charge is 0.229 e. The Morgan fingerprint density at radius 2 is 1.89 bits per heavy atom. The lowest BCUT2D eigenvalue weighted by Gasteiger charge is -2.18. The van der Waals surface area contributed by atoms with Gasteiger partial charge in [0.15, 0.2) is 0 Å². The third kappa shape index (κ3) is 2.50. The van der Waals surface area contributed by atoms with Crippen molar-refractivity contribution < 1.29 is 4.79 Å². The van der Waals surface area contributed by atoms with Gasteiger partial charge in [-0.05, 0) is 19.1 Å². The molecule has 0 aliphatic rings. The van der Waals surface area contributed by atoms with Crippen LogP contribution in [0.3, 0.4) is 0 Å². The number of benzene rings is 1. The second-order valence-electron chi connectivity index (χ2n) is 5.53. The van der Waals surface area contributed by atoms with Crippen LogP contribution in [0.25, 0.3) is 10.9 Å². The summed E-state index contributed by atoms with van der Waals surface area (Å²) in [5.41, 5.74) is 2.23. The molecule has 0 radical (unpaired) electrons. The maximum Gasteiger partial charge on any atom is 0.229 e. The number of pyridine rings is 1. The van der Waals surface area contributed by atoms with Gasteiger partial charge in [-0.15, -0.1) is 0 Å². The Kier molecular flexibility index (Phi) is 3.07. The zero-order valence-corrected chi connectivity index (χ0v) is 11.2. The standard InChI is InChI=1S/C15H18N2O/c1-10-9-13(17-14(18)15(2,3)4)11-7-5-6-8-12(11)16-10/h5-9H,1-4H3,(H,16,17,18). The molecule has 2 aromatic rings. The molecule has 1 amide bonds. The third-order valence-electron chi connectivity index (χ3n) is 2.77. The van der Waals surface area contributed by atoms with Gasteiger partial charge in [0, 0.05) is 16.5 Å². The molecule has 0 unspecified atom stereocenters. The first kappa shape index (κ1) is 12.6. The average Bonchev–Trinajstić information content (AvgIpc) is 2.27. The quantitative estimate of drug-likeness (QED) is 0.831. The maximum absolute atomic E-state index is 12.1. The number of nitrogens with zero attached hydrogens (tertiary/aromatic N) is 1. The van der Waals surface area contributed by atoms with Crippen LogP contribution < -0.4 is 5.32 Å². The summed E-state index contributed by atoms with van der Waals surface area (Å²) in [6, 6.07) is 9.73. The molecular weight excluding hydrogens is 224 g/mol. The van der Waals surface area contributed by atoms with Crippen LogP contribution in [-0.2, 0) is 4.79 Å². The fraction of sp³-hybridized carbons (Fsp3) is 0.333. The number of anilines is 1. The van der Waals surface area contributed by atoms with E-state index in [2.05, 4.69) is 10.3 Å². The second-order valence-corrected chi connectivity index (χ2v) is 5.53. The highest BCUT2D eigenvalue weighted by Gasteiger charge is 2.21. The Labute approximate surface area is 107 Å². The van der Waals surface area contributed by atoms with Gasteiger partial charge in [-0.3, -0.25) is 9.78 Å². The molecule has 2 rings (SSSR count). The molecule has 0 fully saturated rings. The van der Waals surface area contributed by atoms with Crippen LogP contribution in [0.15, 0.2) is 30.3 Å². The monoisotopic (exact) mass is 242 g/mol. The number of amides is 1. The number of nitrogens with one attached hydrogen (secondary N) is 1. The zero-order valence-electron chi connectivity index (χ0n) is 11.2. The van der Waals surface area contributed by atoms with Gasteiger partial charge >= 0.3 is 0 Å². The molecule has 0 bridgehead atoms. The molecule has 1 aromatic heterocycles. The van der Waals surface area contributed by atoms with Crippen molar-refractivity contribution in [2.24, 2.45) is 5.41 Å². The van der Waals surface area contributed by atoms with Gasteiger partial charge in [-0.1, -0.05) is 39.0 Å². The Hall–Kier alpha value is -1.90. The lowest BCUT2D eigenvalue weighted by molar-refractivity contribution is -0.123. The van der Waals surface area contributed by atoms with E-state index in [0.29, 0.717) is 0 Å². The van der Waals surface area contributed by atoms with Crippen molar-refractivity contribution >= 4 is 22.5 Å². The maximum atomic E-state index is 12.1. The number of hydrogen-bond acceptors (Lipinski definition) is 2.